The van der Waals surface area contributed by atoms with Crippen molar-refractivity contribution in [3.8, 4) is 0 Å². The topological polar surface area (TPSA) is 83.5 Å². The Hall–Kier alpha value is -1.54. The molecule has 0 heterocycles. The predicted molar refractivity (Wildman–Crippen MR) is 75.4 cm³/mol. The highest BCUT2D eigenvalue weighted by Crippen LogP contribution is 2.20. The maximum Gasteiger partial charge on any atom is 0.341 e. The summed E-state index contributed by atoms with van der Waals surface area (Å²) in [6.07, 6.45) is 2.26. The van der Waals surface area contributed by atoms with Crippen LogP contribution in [-0.2, 0) is 9.84 Å². The molecule has 0 aromatic heterocycles. The molecule has 1 aliphatic rings. The zero-order chi connectivity index (χ0) is 16.3. The molecule has 8 heteroatoms. The van der Waals surface area contributed by atoms with Crippen LogP contribution in [0.2, 0.25) is 0 Å². The van der Waals surface area contributed by atoms with Gasteiger partial charge in [0.1, 0.15) is 0 Å². The highest BCUT2D eigenvalue weighted by molar-refractivity contribution is 7.91. The average molecular weight is 333 g/mol. The van der Waals surface area contributed by atoms with Crippen LogP contribution >= 0.6 is 0 Å². The van der Waals surface area contributed by atoms with Crippen LogP contribution in [0.1, 0.15) is 36.0 Å². The van der Waals surface area contributed by atoms with E-state index in [2.05, 4.69) is 5.32 Å². The first-order valence-electron chi connectivity index (χ1n) is 6.91. The fourth-order valence-electron chi connectivity index (χ4n) is 2.39. The molecule has 0 atom stereocenters. The fourth-order valence-corrected chi connectivity index (χ4v) is 3.11. The number of amides is 1. The van der Waals surface area contributed by atoms with Gasteiger partial charge in [-0.05, 0) is 49.9 Å². The quantitative estimate of drug-likeness (QED) is 0.879. The van der Waals surface area contributed by atoms with Crippen LogP contribution in [-0.4, -0.2) is 37.3 Å². The summed E-state index contributed by atoms with van der Waals surface area (Å²) < 4.78 is 47.4. The molecule has 2 rings (SSSR count). The maximum atomic E-state index is 12.4. The van der Waals surface area contributed by atoms with Crippen molar-refractivity contribution in [2.45, 2.75) is 48.5 Å². The number of nitrogens with one attached hydrogen (secondary N) is 1. The lowest BCUT2D eigenvalue weighted by atomic mass is 9.93. The summed E-state index contributed by atoms with van der Waals surface area (Å²) in [6, 6.07) is 4.38. The van der Waals surface area contributed by atoms with E-state index in [4.69, 9.17) is 0 Å². The predicted octanol–water partition coefficient (Wildman–Crippen LogP) is 1.72. The van der Waals surface area contributed by atoms with Gasteiger partial charge in [-0.25, -0.2) is 8.42 Å². The number of benzene rings is 1. The molecule has 0 saturated heterocycles. The van der Waals surface area contributed by atoms with E-state index in [0.29, 0.717) is 25.7 Å². The molecule has 1 aromatic carbocycles. The smallest absolute Gasteiger partial charge is 0.341 e. The van der Waals surface area contributed by atoms with Gasteiger partial charge in [0.15, 0.2) is 0 Å². The Morgan fingerprint density at radius 1 is 1.14 bits per heavy atom. The van der Waals surface area contributed by atoms with Gasteiger partial charge in [0.05, 0.1) is 11.0 Å². The summed E-state index contributed by atoms with van der Waals surface area (Å²) in [5, 5.41) is 12.2. The van der Waals surface area contributed by atoms with E-state index in [1.165, 1.54) is 12.1 Å². The van der Waals surface area contributed by atoms with Gasteiger partial charge in [0, 0.05) is 11.6 Å². The number of hydrogen-bond donors (Lipinski definition) is 2. The molecular weight excluding hydrogens is 316 g/mol. The van der Waals surface area contributed by atoms with E-state index in [0.717, 1.165) is 12.1 Å². The zero-order valence-electron chi connectivity index (χ0n) is 11.7. The van der Waals surface area contributed by atoms with Crippen LogP contribution in [0.15, 0.2) is 29.2 Å². The maximum absolute atomic E-state index is 12.4. The van der Waals surface area contributed by atoms with Gasteiger partial charge in [-0.3, -0.25) is 4.79 Å². The number of rotatable bonds is 4. The fraction of sp³-hybridized carbons (Fsp3) is 0.500. The van der Waals surface area contributed by atoms with Crippen molar-refractivity contribution in [1.29, 1.82) is 0 Å². The summed E-state index contributed by atoms with van der Waals surface area (Å²) in [6.45, 7) is 0. The van der Waals surface area contributed by atoms with Crippen LogP contribution < -0.4 is 5.32 Å². The molecule has 1 saturated carbocycles. The average Bonchev–Trinajstić information content (AvgIpc) is 2.49. The lowest BCUT2D eigenvalue weighted by Gasteiger charge is -2.26. The first-order chi connectivity index (χ1) is 10.3. The Labute approximate surface area is 127 Å². The van der Waals surface area contributed by atoms with E-state index in [-0.39, 0.29) is 23.6 Å². The van der Waals surface area contributed by atoms with Crippen LogP contribution in [0.25, 0.3) is 0 Å². The van der Waals surface area contributed by atoms with E-state index in [9.17, 15) is 27.1 Å². The van der Waals surface area contributed by atoms with Gasteiger partial charge >= 0.3 is 5.76 Å². The minimum Gasteiger partial charge on any atom is -0.393 e. The molecule has 1 amide bonds. The van der Waals surface area contributed by atoms with Crippen molar-refractivity contribution in [2.75, 3.05) is 0 Å². The van der Waals surface area contributed by atoms with E-state index in [1.54, 1.807) is 0 Å². The Balaban J connectivity index is 2.03. The normalized spacial score (nSPS) is 22.5. The standard InChI is InChI=1S/C14H17F2NO4S/c15-14(16)22(20,21)12-7-1-9(2-8-12)13(19)17-10-3-5-11(18)6-4-10/h1-2,7-8,10-11,14,18H,3-6H2,(H,17,19). The van der Waals surface area contributed by atoms with Crippen molar-refractivity contribution < 1.29 is 27.1 Å². The monoisotopic (exact) mass is 333 g/mol. The van der Waals surface area contributed by atoms with E-state index < -0.39 is 20.5 Å². The summed E-state index contributed by atoms with van der Waals surface area (Å²) in [4.78, 5) is 11.5. The second kappa shape index (κ2) is 6.70. The Kier molecular flexibility index (Phi) is 5.12. The van der Waals surface area contributed by atoms with E-state index in [1.807, 2.05) is 0 Å². The van der Waals surface area contributed by atoms with Gasteiger partial charge in [-0.1, -0.05) is 0 Å². The van der Waals surface area contributed by atoms with Crippen LogP contribution in [0.3, 0.4) is 0 Å². The molecule has 22 heavy (non-hydrogen) atoms. The van der Waals surface area contributed by atoms with Crippen molar-refractivity contribution in [3.05, 3.63) is 29.8 Å². The highest BCUT2D eigenvalue weighted by atomic mass is 32.2. The molecule has 0 bridgehead atoms. The second-order valence-electron chi connectivity index (χ2n) is 5.31. The minimum atomic E-state index is -4.65. The molecule has 1 aliphatic carbocycles. The first-order valence-corrected chi connectivity index (χ1v) is 8.46. The van der Waals surface area contributed by atoms with Crippen molar-refractivity contribution in [1.82, 2.24) is 5.32 Å². The molecule has 0 aliphatic heterocycles. The summed E-state index contributed by atoms with van der Waals surface area (Å²) in [5.41, 5.74) is 0.208. The summed E-state index contributed by atoms with van der Waals surface area (Å²) in [7, 11) is -4.65. The van der Waals surface area contributed by atoms with Gasteiger partial charge in [-0.2, -0.15) is 8.78 Å². The lowest BCUT2D eigenvalue weighted by Crippen LogP contribution is -2.38. The second-order valence-corrected chi connectivity index (χ2v) is 7.23. The first kappa shape index (κ1) is 16.8. The molecule has 0 spiro atoms. The zero-order valence-corrected chi connectivity index (χ0v) is 12.5. The number of sulfone groups is 1. The number of halogens is 2. The molecule has 1 aromatic rings. The van der Waals surface area contributed by atoms with Crippen molar-refractivity contribution >= 4 is 15.7 Å². The number of aliphatic hydroxyl groups excluding tert-OH is 1. The number of carbonyl (C=O) groups is 1. The number of hydrogen-bond acceptors (Lipinski definition) is 4. The molecule has 5 nitrogen and oxygen atoms in total. The SMILES string of the molecule is O=C(NC1CCC(O)CC1)c1ccc(S(=O)(=O)C(F)F)cc1. The van der Waals surface area contributed by atoms with Crippen molar-refractivity contribution in [3.63, 3.8) is 0 Å². The molecular formula is C14H17F2NO4S. The third-order valence-electron chi connectivity index (χ3n) is 3.71. The lowest BCUT2D eigenvalue weighted by molar-refractivity contribution is 0.0867. The number of carbonyl (C=O) groups excluding carboxylic acids is 1. The van der Waals surface area contributed by atoms with Crippen LogP contribution in [0.5, 0.6) is 0 Å². The summed E-state index contributed by atoms with van der Waals surface area (Å²) in [5.74, 6) is -3.87. The van der Waals surface area contributed by atoms with Crippen molar-refractivity contribution in [2.24, 2.45) is 0 Å². The third kappa shape index (κ3) is 3.80. The van der Waals surface area contributed by atoms with Gasteiger partial charge in [0.25, 0.3) is 5.91 Å². The Morgan fingerprint density at radius 3 is 2.18 bits per heavy atom. The molecule has 2 N–H and O–H groups in total. The van der Waals surface area contributed by atoms with Gasteiger partial charge in [-0.15, -0.1) is 0 Å². The van der Waals surface area contributed by atoms with Crippen LogP contribution in [0.4, 0.5) is 8.78 Å². The van der Waals surface area contributed by atoms with Gasteiger partial charge < -0.3 is 10.4 Å². The van der Waals surface area contributed by atoms with Gasteiger partial charge in [0.2, 0.25) is 9.84 Å². The third-order valence-corrected chi connectivity index (χ3v) is 5.11. The summed E-state index contributed by atoms with van der Waals surface area (Å²) >= 11 is 0. The Bertz CT molecular complexity index is 623. The van der Waals surface area contributed by atoms with E-state index >= 15 is 0 Å². The molecule has 1 fully saturated rings. The largest absolute Gasteiger partial charge is 0.393 e. The van der Waals surface area contributed by atoms with Crippen LogP contribution in [0, 0.1) is 0 Å². The minimum absolute atomic E-state index is 0.0413. The number of aliphatic hydroxyl groups is 1. The number of alkyl halides is 2. The Morgan fingerprint density at radius 2 is 1.68 bits per heavy atom. The molecule has 0 unspecified atom stereocenters. The molecule has 0 radical (unpaired) electrons. The molecule has 122 valence electrons. The highest BCUT2D eigenvalue weighted by Gasteiger charge is 2.27.